The summed E-state index contributed by atoms with van der Waals surface area (Å²) in [5, 5.41) is 0. The molecule has 3 nitrogen and oxygen atoms in total. The van der Waals surface area contributed by atoms with E-state index in [0.717, 1.165) is 12.1 Å². The Kier molecular flexibility index (Phi) is 3.78. The van der Waals surface area contributed by atoms with Crippen LogP contribution in [0.15, 0.2) is 36.3 Å². The molecule has 6 heteroatoms. The van der Waals surface area contributed by atoms with Gasteiger partial charge in [0.25, 0.3) is 0 Å². The molecule has 0 unspecified atom stereocenters. The lowest BCUT2D eigenvalue weighted by Crippen LogP contribution is -2.06. The number of allylic oxidation sites excluding steroid dienone is 1. The summed E-state index contributed by atoms with van der Waals surface area (Å²) in [5.41, 5.74) is -0.0290. The first-order chi connectivity index (χ1) is 8.97. The SMILES string of the molecule is O=C(CCc1ccc(C(F)(F)F)cc1)C1=COCO1. The Bertz CT molecular complexity index is 489. The molecule has 1 aliphatic heterocycles. The summed E-state index contributed by atoms with van der Waals surface area (Å²) in [6.07, 6.45) is -2.57. The number of hydrogen-bond donors (Lipinski definition) is 0. The molecule has 0 saturated carbocycles. The van der Waals surface area contributed by atoms with Gasteiger partial charge in [-0.2, -0.15) is 13.2 Å². The van der Waals surface area contributed by atoms with Gasteiger partial charge in [-0.25, -0.2) is 0 Å². The average Bonchev–Trinajstić information content (AvgIpc) is 2.89. The molecule has 1 aliphatic rings. The van der Waals surface area contributed by atoms with Crippen LogP contribution < -0.4 is 0 Å². The standard InChI is InChI=1S/C13H11F3O3/c14-13(15,16)10-4-1-9(2-5-10)3-6-11(17)12-7-18-8-19-12/h1-2,4-5,7H,3,6,8H2. The lowest BCUT2D eigenvalue weighted by atomic mass is 10.0. The number of ketones is 1. The number of aryl methyl sites for hydroxylation is 1. The molecule has 0 aromatic heterocycles. The minimum absolute atomic E-state index is 0.0291. The van der Waals surface area contributed by atoms with Gasteiger partial charge in [-0.05, 0) is 24.1 Å². The van der Waals surface area contributed by atoms with Crippen molar-refractivity contribution in [1.82, 2.24) is 0 Å². The van der Waals surface area contributed by atoms with Gasteiger partial charge in [0.05, 0.1) is 5.56 Å². The van der Waals surface area contributed by atoms with E-state index in [-0.39, 0.29) is 24.8 Å². The molecule has 0 fully saturated rings. The zero-order chi connectivity index (χ0) is 13.9. The summed E-state index contributed by atoms with van der Waals surface area (Å²) in [4.78, 5) is 11.6. The largest absolute Gasteiger partial charge is 0.461 e. The predicted octanol–water partition coefficient (Wildman–Crippen LogP) is 3.05. The zero-order valence-corrected chi connectivity index (χ0v) is 9.87. The normalized spacial score (nSPS) is 14.6. The van der Waals surface area contributed by atoms with Gasteiger partial charge in [0.2, 0.25) is 18.3 Å². The van der Waals surface area contributed by atoms with Gasteiger partial charge in [-0.3, -0.25) is 4.79 Å². The number of ether oxygens (including phenoxy) is 2. The maximum absolute atomic E-state index is 12.3. The summed E-state index contributed by atoms with van der Waals surface area (Å²) < 4.78 is 46.7. The van der Waals surface area contributed by atoms with Gasteiger partial charge in [-0.1, -0.05) is 12.1 Å². The highest BCUT2D eigenvalue weighted by Gasteiger charge is 2.29. The fraction of sp³-hybridized carbons (Fsp3) is 0.308. The van der Waals surface area contributed by atoms with Crippen molar-refractivity contribution in [2.75, 3.05) is 6.79 Å². The third-order valence-corrected chi connectivity index (χ3v) is 2.67. The Morgan fingerprint density at radius 1 is 1.21 bits per heavy atom. The molecule has 0 radical (unpaired) electrons. The molecule has 1 aromatic carbocycles. The van der Waals surface area contributed by atoms with Crippen LogP contribution in [-0.4, -0.2) is 12.6 Å². The van der Waals surface area contributed by atoms with E-state index in [1.54, 1.807) is 0 Å². The van der Waals surface area contributed by atoms with Crippen LogP contribution in [0.25, 0.3) is 0 Å². The van der Waals surface area contributed by atoms with Crippen LogP contribution in [0.5, 0.6) is 0 Å². The van der Waals surface area contributed by atoms with Crippen molar-refractivity contribution < 1.29 is 27.4 Å². The van der Waals surface area contributed by atoms with E-state index in [0.29, 0.717) is 12.0 Å². The van der Waals surface area contributed by atoms with E-state index in [9.17, 15) is 18.0 Å². The lowest BCUT2D eigenvalue weighted by Gasteiger charge is -2.07. The number of hydrogen-bond acceptors (Lipinski definition) is 3. The highest BCUT2D eigenvalue weighted by molar-refractivity contribution is 5.93. The van der Waals surface area contributed by atoms with Crippen LogP contribution in [0, 0.1) is 0 Å². The zero-order valence-electron chi connectivity index (χ0n) is 9.87. The third kappa shape index (κ3) is 3.49. The second-order valence-corrected chi connectivity index (χ2v) is 4.03. The van der Waals surface area contributed by atoms with Crippen LogP contribution in [0.3, 0.4) is 0 Å². The monoisotopic (exact) mass is 272 g/mol. The number of Topliss-reactive ketones (excluding diaryl/α,β-unsaturated/α-hetero) is 1. The van der Waals surface area contributed by atoms with Crippen molar-refractivity contribution in [2.45, 2.75) is 19.0 Å². The van der Waals surface area contributed by atoms with Crippen molar-refractivity contribution in [2.24, 2.45) is 0 Å². The van der Waals surface area contributed by atoms with Gasteiger partial charge in [0.1, 0.15) is 6.26 Å². The molecule has 0 amide bonds. The quantitative estimate of drug-likeness (QED) is 0.845. The fourth-order valence-corrected chi connectivity index (χ4v) is 1.63. The number of rotatable bonds is 4. The molecule has 0 spiro atoms. The topological polar surface area (TPSA) is 35.5 Å². The van der Waals surface area contributed by atoms with Gasteiger partial charge < -0.3 is 9.47 Å². The highest BCUT2D eigenvalue weighted by Crippen LogP contribution is 2.29. The van der Waals surface area contributed by atoms with Crippen LogP contribution in [0.2, 0.25) is 0 Å². The molecule has 19 heavy (non-hydrogen) atoms. The Morgan fingerprint density at radius 3 is 2.42 bits per heavy atom. The number of carbonyl (C=O) groups excluding carboxylic acids is 1. The Balaban J connectivity index is 1.91. The first kappa shape index (κ1) is 13.5. The second-order valence-electron chi connectivity index (χ2n) is 4.03. The summed E-state index contributed by atoms with van der Waals surface area (Å²) in [6, 6.07) is 4.76. The van der Waals surface area contributed by atoms with E-state index in [2.05, 4.69) is 0 Å². The van der Waals surface area contributed by atoms with Crippen molar-refractivity contribution in [1.29, 1.82) is 0 Å². The van der Waals surface area contributed by atoms with Crippen LogP contribution >= 0.6 is 0 Å². The predicted molar refractivity (Wildman–Crippen MR) is 59.9 cm³/mol. The molecule has 102 valence electrons. The molecule has 2 rings (SSSR count). The van der Waals surface area contributed by atoms with Crippen molar-refractivity contribution in [3.8, 4) is 0 Å². The smallest absolute Gasteiger partial charge is 0.416 e. The summed E-state index contributed by atoms with van der Waals surface area (Å²) in [6.45, 7) is 0.0291. The summed E-state index contributed by atoms with van der Waals surface area (Å²) >= 11 is 0. The number of carbonyl (C=O) groups is 1. The van der Waals surface area contributed by atoms with Crippen molar-refractivity contribution in [3.63, 3.8) is 0 Å². The van der Waals surface area contributed by atoms with E-state index < -0.39 is 11.7 Å². The Morgan fingerprint density at radius 2 is 1.89 bits per heavy atom. The van der Waals surface area contributed by atoms with Gasteiger partial charge in [-0.15, -0.1) is 0 Å². The van der Waals surface area contributed by atoms with Crippen molar-refractivity contribution in [3.05, 3.63) is 47.4 Å². The molecule has 0 aliphatic carbocycles. The van der Waals surface area contributed by atoms with Crippen LogP contribution in [0.1, 0.15) is 17.5 Å². The lowest BCUT2D eigenvalue weighted by molar-refractivity contribution is -0.137. The summed E-state index contributed by atoms with van der Waals surface area (Å²) in [5.74, 6) is -0.0655. The minimum atomic E-state index is -4.34. The van der Waals surface area contributed by atoms with Gasteiger partial charge >= 0.3 is 6.18 Å². The molecule has 0 atom stereocenters. The van der Waals surface area contributed by atoms with E-state index in [1.807, 2.05) is 0 Å². The number of halogens is 3. The maximum atomic E-state index is 12.3. The third-order valence-electron chi connectivity index (χ3n) is 2.67. The van der Waals surface area contributed by atoms with E-state index >= 15 is 0 Å². The molecule has 0 N–H and O–H groups in total. The van der Waals surface area contributed by atoms with E-state index in [4.69, 9.17) is 9.47 Å². The van der Waals surface area contributed by atoms with Crippen LogP contribution in [0.4, 0.5) is 13.2 Å². The molecular weight excluding hydrogens is 261 g/mol. The fourth-order valence-electron chi connectivity index (χ4n) is 1.63. The van der Waals surface area contributed by atoms with E-state index in [1.165, 1.54) is 18.4 Å². The summed E-state index contributed by atoms with van der Waals surface area (Å²) in [7, 11) is 0. The van der Waals surface area contributed by atoms with Crippen LogP contribution in [-0.2, 0) is 26.9 Å². The highest BCUT2D eigenvalue weighted by atomic mass is 19.4. The maximum Gasteiger partial charge on any atom is 0.416 e. The Labute approximate surface area is 107 Å². The molecule has 0 bridgehead atoms. The molecular formula is C13H11F3O3. The minimum Gasteiger partial charge on any atom is -0.461 e. The van der Waals surface area contributed by atoms with Gasteiger partial charge in [0.15, 0.2) is 0 Å². The molecule has 1 heterocycles. The number of benzene rings is 1. The molecule has 1 aromatic rings. The first-order valence-corrected chi connectivity index (χ1v) is 5.61. The number of alkyl halides is 3. The average molecular weight is 272 g/mol. The second kappa shape index (κ2) is 5.34. The first-order valence-electron chi connectivity index (χ1n) is 5.61. The van der Waals surface area contributed by atoms with Gasteiger partial charge in [0, 0.05) is 6.42 Å². The molecule has 0 saturated heterocycles. The van der Waals surface area contributed by atoms with Crippen molar-refractivity contribution >= 4 is 5.78 Å². The Hall–Kier alpha value is -1.98.